The zero-order valence-electron chi connectivity index (χ0n) is 11.2. The molecule has 2 aromatic carbocycles. The van der Waals surface area contributed by atoms with E-state index in [4.69, 9.17) is 10.9 Å². The Hall–Kier alpha value is -2.27. The largest absolute Gasteiger partial charge is 0.409 e. The first kappa shape index (κ1) is 13.7. The van der Waals surface area contributed by atoms with Crippen LogP contribution in [0.25, 0.3) is 10.9 Å². The lowest BCUT2D eigenvalue weighted by molar-refractivity contribution is 0.318. The maximum atomic E-state index is 8.80. The summed E-state index contributed by atoms with van der Waals surface area (Å²) in [6.07, 6.45) is 2.04. The van der Waals surface area contributed by atoms with Crippen LogP contribution < -0.4 is 5.73 Å². The number of oxime groups is 1. The van der Waals surface area contributed by atoms with E-state index in [2.05, 4.69) is 43.9 Å². The fourth-order valence-electron chi connectivity index (χ4n) is 2.37. The number of fused-ring (bicyclic) bond motifs is 1. The Labute approximate surface area is 130 Å². The van der Waals surface area contributed by atoms with Crippen LogP contribution in [-0.4, -0.2) is 15.6 Å². The minimum absolute atomic E-state index is 0.118. The van der Waals surface area contributed by atoms with Crippen LogP contribution in [0.15, 0.2) is 64.4 Å². The minimum atomic E-state index is 0.118. The molecule has 5 heteroatoms. The molecule has 0 spiro atoms. The van der Waals surface area contributed by atoms with E-state index in [9.17, 15) is 0 Å². The van der Waals surface area contributed by atoms with Gasteiger partial charge in [-0.2, -0.15) is 0 Å². The molecule has 0 unspecified atom stereocenters. The number of benzene rings is 2. The van der Waals surface area contributed by atoms with Gasteiger partial charge in [0.1, 0.15) is 0 Å². The summed E-state index contributed by atoms with van der Waals surface area (Å²) >= 11 is 3.49. The van der Waals surface area contributed by atoms with Gasteiger partial charge in [-0.25, -0.2) is 0 Å². The summed E-state index contributed by atoms with van der Waals surface area (Å²) in [5.74, 6) is 0.118. The zero-order valence-corrected chi connectivity index (χ0v) is 12.8. The zero-order chi connectivity index (χ0) is 14.8. The summed E-state index contributed by atoms with van der Waals surface area (Å²) in [5.41, 5.74) is 8.63. The Kier molecular flexibility index (Phi) is 3.66. The van der Waals surface area contributed by atoms with Gasteiger partial charge in [-0.1, -0.05) is 45.4 Å². The lowest BCUT2D eigenvalue weighted by Gasteiger charge is -2.07. The molecule has 0 fully saturated rings. The second-order valence-electron chi connectivity index (χ2n) is 4.83. The van der Waals surface area contributed by atoms with Gasteiger partial charge in [0.05, 0.1) is 0 Å². The molecule has 0 saturated carbocycles. The van der Waals surface area contributed by atoms with E-state index in [0.29, 0.717) is 5.56 Å². The van der Waals surface area contributed by atoms with Crippen molar-refractivity contribution in [1.82, 2.24) is 4.57 Å². The van der Waals surface area contributed by atoms with Gasteiger partial charge in [-0.05, 0) is 35.2 Å². The van der Waals surface area contributed by atoms with Gasteiger partial charge in [0.2, 0.25) is 0 Å². The minimum Gasteiger partial charge on any atom is -0.409 e. The van der Waals surface area contributed by atoms with E-state index in [0.717, 1.165) is 21.9 Å². The molecule has 3 rings (SSSR count). The van der Waals surface area contributed by atoms with E-state index in [-0.39, 0.29) is 5.84 Å². The molecule has 1 heterocycles. The predicted octanol–water partition coefficient (Wildman–Crippen LogP) is 3.55. The SMILES string of the molecule is N/C(=N/O)c1ccc2ccn(Cc3cccc(Br)c3)c2c1. The summed E-state index contributed by atoms with van der Waals surface area (Å²) in [5, 5.41) is 13.0. The lowest BCUT2D eigenvalue weighted by Crippen LogP contribution is -2.13. The van der Waals surface area contributed by atoms with Crippen molar-refractivity contribution in [2.45, 2.75) is 6.54 Å². The maximum Gasteiger partial charge on any atom is 0.170 e. The van der Waals surface area contributed by atoms with Crippen LogP contribution in [0.4, 0.5) is 0 Å². The summed E-state index contributed by atoms with van der Waals surface area (Å²) in [4.78, 5) is 0. The maximum absolute atomic E-state index is 8.80. The summed E-state index contributed by atoms with van der Waals surface area (Å²) in [6.45, 7) is 0.766. The average Bonchev–Trinajstić information content (AvgIpc) is 2.89. The Bertz CT molecular complexity index is 823. The van der Waals surface area contributed by atoms with Crippen LogP contribution >= 0.6 is 15.9 Å². The third-order valence-electron chi connectivity index (χ3n) is 3.42. The number of rotatable bonds is 3. The van der Waals surface area contributed by atoms with Crippen molar-refractivity contribution in [3.05, 3.63) is 70.3 Å². The first-order valence-corrected chi connectivity index (χ1v) is 7.28. The number of hydrogen-bond acceptors (Lipinski definition) is 2. The number of nitrogens with two attached hydrogens (primary N) is 1. The highest BCUT2D eigenvalue weighted by Gasteiger charge is 2.06. The molecule has 3 aromatic rings. The summed E-state index contributed by atoms with van der Waals surface area (Å²) in [6, 6.07) is 16.0. The molecule has 0 atom stereocenters. The third-order valence-corrected chi connectivity index (χ3v) is 3.91. The molecule has 21 heavy (non-hydrogen) atoms. The third kappa shape index (κ3) is 2.78. The Morgan fingerprint density at radius 1 is 1.19 bits per heavy atom. The highest BCUT2D eigenvalue weighted by Crippen LogP contribution is 2.20. The van der Waals surface area contributed by atoms with Crippen molar-refractivity contribution in [1.29, 1.82) is 0 Å². The van der Waals surface area contributed by atoms with Crippen molar-refractivity contribution < 1.29 is 5.21 Å². The smallest absolute Gasteiger partial charge is 0.170 e. The molecular weight excluding hydrogens is 330 g/mol. The molecule has 106 valence electrons. The van der Waals surface area contributed by atoms with Crippen molar-refractivity contribution in [2.24, 2.45) is 10.9 Å². The second-order valence-corrected chi connectivity index (χ2v) is 5.75. The molecule has 0 aliphatic carbocycles. The Morgan fingerprint density at radius 3 is 2.81 bits per heavy atom. The van der Waals surface area contributed by atoms with E-state index in [1.165, 1.54) is 5.56 Å². The first-order chi connectivity index (χ1) is 10.2. The predicted molar refractivity (Wildman–Crippen MR) is 87.7 cm³/mol. The van der Waals surface area contributed by atoms with Gasteiger partial charge < -0.3 is 15.5 Å². The van der Waals surface area contributed by atoms with Crippen molar-refractivity contribution in [2.75, 3.05) is 0 Å². The molecule has 1 aromatic heterocycles. The number of aromatic nitrogens is 1. The molecule has 0 radical (unpaired) electrons. The van der Waals surface area contributed by atoms with Gasteiger partial charge in [-0.15, -0.1) is 0 Å². The molecule has 0 amide bonds. The number of hydrogen-bond donors (Lipinski definition) is 2. The number of nitrogens with zero attached hydrogens (tertiary/aromatic N) is 2. The van der Waals surface area contributed by atoms with Crippen LogP contribution in [0.1, 0.15) is 11.1 Å². The van der Waals surface area contributed by atoms with Gasteiger partial charge in [0, 0.05) is 28.3 Å². The van der Waals surface area contributed by atoms with E-state index >= 15 is 0 Å². The quantitative estimate of drug-likeness (QED) is 0.330. The van der Waals surface area contributed by atoms with Gasteiger partial charge >= 0.3 is 0 Å². The van der Waals surface area contributed by atoms with Crippen molar-refractivity contribution in [3.8, 4) is 0 Å². The number of amidine groups is 1. The highest BCUT2D eigenvalue weighted by atomic mass is 79.9. The lowest BCUT2D eigenvalue weighted by atomic mass is 10.1. The van der Waals surface area contributed by atoms with E-state index in [1.54, 1.807) is 0 Å². The summed E-state index contributed by atoms with van der Waals surface area (Å²) in [7, 11) is 0. The van der Waals surface area contributed by atoms with Crippen LogP contribution in [0.3, 0.4) is 0 Å². The van der Waals surface area contributed by atoms with Crippen molar-refractivity contribution in [3.63, 3.8) is 0 Å². The fourth-order valence-corrected chi connectivity index (χ4v) is 2.82. The summed E-state index contributed by atoms with van der Waals surface area (Å²) < 4.78 is 3.21. The van der Waals surface area contributed by atoms with Crippen LogP contribution in [0.2, 0.25) is 0 Å². The van der Waals surface area contributed by atoms with E-state index in [1.807, 2.05) is 36.5 Å². The molecule has 0 aliphatic rings. The highest BCUT2D eigenvalue weighted by molar-refractivity contribution is 9.10. The molecule has 3 N–H and O–H groups in total. The Morgan fingerprint density at radius 2 is 2.05 bits per heavy atom. The van der Waals surface area contributed by atoms with Crippen LogP contribution in [-0.2, 0) is 6.54 Å². The van der Waals surface area contributed by atoms with Gasteiger partial charge in [0.15, 0.2) is 5.84 Å². The Balaban J connectivity index is 2.02. The standard InChI is InChI=1S/C16H14BrN3O/c17-14-3-1-2-11(8-14)10-20-7-6-12-4-5-13(9-15(12)20)16(18)19-21/h1-9,21H,10H2,(H2,18,19). The van der Waals surface area contributed by atoms with Crippen LogP contribution in [0.5, 0.6) is 0 Å². The normalized spacial score (nSPS) is 12.0. The average molecular weight is 344 g/mol. The fraction of sp³-hybridized carbons (Fsp3) is 0.0625. The van der Waals surface area contributed by atoms with E-state index < -0.39 is 0 Å². The van der Waals surface area contributed by atoms with Gasteiger partial charge in [-0.3, -0.25) is 0 Å². The molecule has 0 bridgehead atoms. The van der Waals surface area contributed by atoms with Crippen molar-refractivity contribution >= 4 is 32.7 Å². The topological polar surface area (TPSA) is 63.5 Å². The monoisotopic (exact) mass is 343 g/mol. The first-order valence-electron chi connectivity index (χ1n) is 6.48. The molecule has 0 aliphatic heterocycles. The molecular formula is C16H14BrN3O. The molecule has 0 saturated heterocycles. The molecule has 4 nitrogen and oxygen atoms in total. The second kappa shape index (κ2) is 5.61. The van der Waals surface area contributed by atoms with Crippen LogP contribution in [0, 0.1) is 0 Å². The van der Waals surface area contributed by atoms with Gasteiger partial charge in [0.25, 0.3) is 0 Å². The number of halogens is 1.